The van der Waals surface area contributed by atoms with Crippen molar-refractivity contribution in [3.8, 4) is 5.75 Å². The molecule has 0 atom stereocenters. The molecular weight excluding hydrogens is 397 g/mol. The molecule has 5 nitrogen and oxygen atoms in total. The Labute approximate surface area is 173 Å². The van der Waals surface area contributed by atoms with Gasteiger partial charge in [0.2, 0.25) is 0 Å². The van der Waals surface area contributed by atoms with Crippen molar-refractivity contribution in [1.29, 1.82) is 0 Å². The Morgan fingerprint density at radius 2 is 1.73 bits per heavy atom. The summed E-state index contributed by atoms with van der Waals surface area (Å²) in [4.78, 5) is 23.2. The third-order valence-electron chi connectivity index (χ3n) is 4.23. The van der Waals surface area contributed by atoms with E-state index in [0.717, 1.165) is 11.1 Å². The molecule has 2 N–H and O–H groups in total. The predicted molar refractivity (Wildman–Crippen MR) is 108 cm³/mol. The van der Waals surface area contributed by atoms with Crippen LogP contribution in [0.5, 0.6) is 5.75 Å². The molecule has 0 fully saturated rings. The third kappa shape index (κ3) is 6.79. The number of carbonyl (C=O) groups is 2. The second kappa shape index (κ2) is 9.19. The van der Waals surface area contributed by atoms with E-state index in [1.807, 2.05) is 25.1 Å². The zero-order chi connectivity index (χ0) is 22.5. The number of rotatable bonds is 6. The van der Waals surface area contributed by atoms with E-state index in [4.69, 9.17) is 4.74 Å². The summed E-state index contributed by atoms with van der Waals surface area (Å²) in [6.45, 7) is 8.03. The van der Waals surface area contributed by atoms with Gasteiger partial charge in [-0.2, -0.15) is 13.2 Å². The number of ether oxygens (including phenoxy) is 1. The van der Waals surface area contributed by atoms with Crippen molar-refractivity contribution < 1.29 is 27.5 Å². The molecule has 0 aliphatic rings. The highest BCUT2D eigenvalue weighted by Gasteiger charge is 2.38. The fourth-order valence-electron chi connectivity index (χ4n) is 2.71. The second-order valence-corrected chi connectivity index (χ2v) is 7.97. The van der Waals surface area contributed by atoms with Gasteiger partial charge in [-0.15, -0.1) is 0 Å². The first-order valence-corrected chi connectivity index (χ1v) is 9.34. The van der Waals surface area contributed by atoms with Gasteiger partial charge in [-0.1, -0.05) is 50.6 Å². The SMILES string of the molecule is Cc1ccc(OCC(=O)NCc2cccc(NC(=O)C(F)(F)F)c2)c(C(C)(C)C)c1. The first kappa shape index (κ1) is 23.3. The summed E-state index contributed by atoms with van der Waals surface area (Å²) in [5.74, 6) is -1.80. The lowest BCUT2D eigenvalue weighted by Crippen LogP contribution is -2.30. The maximum absolute atomic E-state index is 12.4. The lowest BCUT2D eigenvalue weighted by atomic mass is 9.85. The largest absolute Gasteiger partial charge is 0.483 e. The van der Waals surface area contributed by atoms with Gasteiger partial charge < -0.3 is 15.4 Å². The van der Waals surface area contributed by atoms with E-state index in [1.54, 1.807) is 11.4 Å². The molecule has 2 aromatic rings. The maximum Gasteiger partial charge on any atom is 0.471 e. The number of benzene rings is 2. The number of hydrogen-bond acceptors (Lipinski definition) is 3. The van der Waals surface area contributed by atoms with Crippen LogP contribution < -0.4 is 15.4 Å². The average Bonchev–Trinajstić information content (AvgIpc) is 2.64. The molecule has 0 aromatic heterocycles. The highest BCUT2D eigenvalue weighted by Crippen LogP contribution is 2.32. The lowest BCUT2D eigenvalue weighted by molar-refractivity contribution is -0.167. The summed E-state index contributed by atoms with van der Waals surface area (Å²) in [6.07, 6.45) is -4.97. The Bertz CT molecular complexity index is 919. The van der Waals surface area contributed by atoms with Gasteiger partial charge >= 0.3 is 12.1 Å². The van der Waals surface area contributed by atoms with Crippen LogP contribution in [0.2, 0.25) is 0 Å². The molecule has 0 unspecified atom stereocenters. The van der Waals surface area contributed by atoms with E-state index in [0.29, 0.717) is 11.3 Å². The molecule has 0 saturated carbocycles. The summed E-state index contributed by atoms with van der Waals surface area (Å²) in [6, 6.07) is 11.6. The molecule has 0 aliphatic carbocycles. The first-order valence-electron chi connectivity index (χ1n) is 9.34. The van der Waals surface area contributed by atoms with Crippen molar-refractivity contribution in [2.75, 3.05) is 11.9 Å². The fourth-order valence-corrected chi connectivity index (χ4v) is 2.71. The van der Waals surface area contributed by atoms with Crippen molar-refractivity contribution >= 4 is 17.5 Å². The number of aryl methyl sites for hydroxylation is 1. The molecule has 0 aliphatic heterocycles. The summed E-state index contributed by atoms with van der Waals surface area (Å²) < 4.78 is 42.8. The molecule has 0 heterocycles. The van der Waals surface area contributed by atoms with Gasteiger partial charge in [0.1, 0.15) is 5.75 Å². The van der Waals surface area contributed by atoms with Crippen LogP contribution in [0.3, 0.4) is 0 Å². The van der Waals surface area contributed by atoms with Crippen LogP contribution in [0.4, 0.5) is 18.9 Å². The van der Waals surface area contributed by atoms with Crippen molar-refractivity contribution in [2.45, 2.75) is 45.8 Å². The Hall–Kier alpha value is -3.03. The minimum Gasteiger partial charge on any atom is -0.483 e. The van der Waals surface area contributed by atoms with Gasteiger partial charge in [-0.05, 0) is 41.7 Å². The number of amides is 2. The van der Waals surface area contributed by atoms with E-state index >= 15 is 0 Å². The molecule has 2 amide bonds. The number of alkyl halides is 3. The van der Waals surface area contributed by atoms with Crippen LogP contribution >= 0.6 is 0 Å². The average molecular weight is 422 g/mol. The number of halogens is 3. The van der Waals surface area contributed by atoms with Crippen LogP contribution in [-0.4, -0.2) is 24.6 Å². The summed E-state index contributed by atoms with van der Waals surface area (Å²) in [7, 11) is 0. The van der Waals surface area contributed by atoms with E-state index in [-0.39, 0.29) is 30.2 Å². The van der Waals surface area contributed by atoms with Gasteiger partial charge in [0.15, 0.2) is 6.61 Å². The minimum atomic E-state index is -4.97. The van der Waals surface area contributed by atoms with Gasteiger partial charge in [0.05, 0.1) is 0 Å². The summed E-state index contributed by atoms with van der Waals surface area (Å²) >= 11 is 0. The quantitative estimate of drug-likeness (QED) is 0.721. The predicted octanol–water partition coefficient (Wildman–Crippen LogP) is 4.49. The van der Waals surface area contributed by atoms with Crippen molar-refractivity contribution in [3.05, 3.63) is 59.2 Å². The summed E-state index contributed by atoms with van der Waals surface area (Å²) in [5, 5.41) is 4.43. The zero-order valence-electron chi connectivity index (χ0n) is 17.3. The molecular formula is C22H25F3N2O3. The van der Waals surface area contributed by atoms with Crippen molar-refractivity contribution in [2.24, 2.45) is 0 Å². The second-order valence-electron chi connectivity index (χ2n) is 7.97. The standard InChI is InChI=1S/C22H25F3N2O3/c1-14-8-9-18(17(10-14)21(2,3)4)30-13-19(28)26-12-15-6-5-7-16(11-15)27-20(29)22(23,24)25/h5-11H,12-13H2,1-4H3,(H,26,28)(H,27,29). The molecule has 2 aromatic carbocycles. The number of carbonyl (C=O) groups excluding carboxylic acids is 2. The Kier molecular flexibility index (Phi) is 7.12. The van der Waals surface area contributed by atoms with Crippen molar-refractivity contribution in [3.63, 3.8) is 0 Å². The monoisotopic (exact) mass is 422 g/mol. The van der Waals surface area contributed by atoms with E-state index in [9.17, 15) is 22.8 Å². The zero-order valence-corrected chi connectivity index (χ0v) is 17.3. The summed E-state index contributed by atoms with van der Waals surface area (Å²) in [5.41, 5.74) is 2.46. The van der Waals surface area contributed by atoms with E-state index in [2.05, 4.69) is 26.1 Å². The highest BCUT2D eigenvalue weighted by molar-refractivity contribution is 5.94. The first-order chi connectivity index (χ1) is 13.9. The Balaban J connectivity index is 1.93. The molecule has 8 heteroatoms. The van der Waals surface area contributed by atoms with Gasteiger partial charge in [0.25, 0.3) is 5.91 Å². The van der Waals surface area contributed by atoms with Crippen LogP contribution in [0.15, 0.2) is 42.5 Å². The maximum atomic E-state index is 12.4. The molecule has 0 spiro atoms. The number of nitrogens with one attached hydrogen (secondary N) is 2. The van der Waals surface area contributed by atoms with Crippen LogP contribution in [0.25, 0.3) is 0 Å². The van der Waals surface area contributed by atoms with Crippen LogP contribution in [0.1, 0.15) is 37.5 Å². The third-order valence-corrected chi connectivity index (χ3v) is 4.23. The number of hydrogen-bond donors (Lipinski definition) is 2. The molecule has 162 valence electrons. The van der Waals surface area contributed by atoms with Crippen LogP contribution in [0, 0.1) is 6.92 Å². The van der Waals surface area contributed by atoms with E-state index in [1.165, 1.54) is 18.2 Å². The molecule has 2 rings (SSSR count). The fraction of sp³-hybridized carbons (Fsp3) is 0.364. The lowest BCUT2D eigenvalue weighted by Gasteiger charge is -2.23. The van der Waals surface area contributed by atoms with Gasteiger partial charge in [-0.3, -0.25) is 9.59 Å². The Morgan fingerprint density at radius 1 is 1.03 bits per heavy atom. The molecule has 0 radical (unpaired) electrons. The number of anilines is 1. The normalized spacial score (nSPS) is 11.7. The van der Waals surface area contributed by atoms with E-state index < -0.39 is 12.1 Å². The van der Waals surface area contributed by atoms with Gasteiger partial charge in [0, 0.05) is 12.2 Å². The van der Waals surface area contributed by atoms with Crippen molar-refractivity contribution in [1.82, 2.24) is 5.32 Å². The smallest absolute Gasteiger partial charge is 0.471 e. The van der Waals surface area contributed by atoms with Gasteiger partial charge in [-0.25, -0.2) is 0 Å². The molecule has 0 bridgehead atoms. The molecule has 0 saturated heterocycles. The molecule has 30 heavy (non-hydrogen) atoms. The minimum absolute atomic E-state index is 0.00482. The highest BCUT2D eigenvalue weighted by atomic mass is 19.4. The van der Waals surface area contributed by atoms with Crippen LogP contribution in [-0.2, 0) is 21.5 Å². The Morgan fingerprint density at radius 3 is 2.37 bits per heavy atom. The topological polar surface area (TPSA) is 67.4 Å².